The monoisotopic (exact) mass is 189 g/mol. The van der Waals surface area contributed by atoms with Gasteiger partial charge in [-0.15, -0.1) is 0 Å². The van der Waals surface area contributed by atoms with Crippen molar-refractivity contribution >= 4 is 18.0 Å². The fraction of sp³-hybridized carbons (Fsp3) is 0.273. The lowest BCUT2D eigenvalue weighted by Gasteiger charge is -2.21. The first kappa shape index (κ1) is 7.65. The van der Waals surface area contributed by atoms with Gasteiger partial charge in [-0.3, -0.25) is 0 Å². The molecule has 0 saturated heterocycles. The Kier molecular flexibility index (Phi) is 1.55. The van der Waals surface area contributed by atoms with E-state index in [1.54, 1.807) is 0 Å². The van der Waals surface area contributed by atoms with Gasteiger partial charge in [-0.1, -0.05) is 24.3 Å². The third kappa shape index (κ3) is 0.990. The Labute approximate surface area is 82.6 Å². The van der Waals surface area contributed by atoms with Crippen LogP contribution in [0.1, 0.15) is 23.6 Å². The molecule has 3 rings (SSSR count). The van der Waals surface area contributed by atoms with Crippen LogP contribution in [-0.4, -0.2) is 11.4 Å². The summed E-state index contributed by atoms with van der Waals surface area (Å²) < 4.78 is 2.36. The second-order valence-corrected chi connectivity index (χ2v) is 4.75. The van der Waals surface area contributed by atoms with Crippen LogP contribution >= 0.6 is 11.9 Å². The summed E-state index contributed by atoms with van der Waals surface area (Å²) in [5.41, 5.74) is 2.95. The Morgan fingerprint density at radius 1 is 1.46 bits per heavy atom. The predicted octanol–water partition coefficient (Wildman–Crippen LogP) is 3.10. The van der Waals surface area contributed by atoms with E-state index in [1.807, 2.05) is 11.9 Å². The van der Waals surface area contributed by atoms with Gasteiger partial charge >= 0.3 is 0 Å². The second-order valence-electron chi connectivity index (χ2n) is 3.55. The fourth-order valence-electron chi connectivity index (χ4n) is 2.13. The average molecular weight is 189 g/mol. The van der Waals surface area contributed by atoms with Gasteiger partial charge in [0.25, 0.3) is 0 Å². The Morgan fingerprint density at radius 2 is 2.38 bits per heavy atom. The maximum atomic E-state index is 2.36. The summed E-state index contributed by atoms with van der Waals surface area (Å²) in [6, 6.07) is 7.19. The van der Waals surface area contributed by atoms with Gasteiger partial charge in [-0.2, -0.15) is 0 Å². The molecule has 13 heavy (non-hydrogen) atoms. The van der Waals surface area contributed by atoms with Crippen LogP contribution in [0.3, 0.4) is 0 Å². The number of benzene rings is 1. The maximum Gasteiger partial charge on any atom is 0.0504 e. The Hall–Kier alpha value is -0.730. The molecule has 2 aliphatic rings. The average Bonchev–Trinajstić information content (AvgIpc) is 2.47. The molecule has 1 unspecified atom stereocenters. The van der Waals surface area contributed by atoms with E-state index >= 15 is 0 Å². The summed E-state index contributed by atoms with van der Waals surface area (Å²) in [7, 11) is 2.18. The van der Waals surface area contributed by atoms with E-state index in [0.717, 1.165) is 6.42 Å². The quantitative estimate of drug-likeness (QED) is 0.577. The molecule has 1 atom stereocenters. The molecule has 1 aliphatic carbocycles. The highest BCUT2D eigenvalue weighted by Gasteiger charge is 2.30. The van der Waals surface area contributed by atoms with Gasteiger partial charge in [0.05, 0.1) is 6.04 Å². The van der Waals surface area contributed by atoms with Crippen molar-refractivity contribution < 1.29 is 0 Å². The summed E-state index contributed by atoms with van der Waals surface area (Å²) in [6.07, 6.45) is 5.68. The maximum absolute atomic E-state index is 2.36. The smallest absolute Gasteiger partial charge is 0.0504 e. The third-order valence-corrected chi connectivity index (χ3v) is 3.87. The zero-order chi connectivity index (χ0) is 8.84. The molecule has 2 heteroatoms. The highest BCUT2D eigenvalue weighted by atomic mass is 32.2. The predicted molar refractivity (Wildman–Crippen MR) is 56.5 cm³/mol. The van der Waals surface area contributed by atoms with Gasteiger partial charge in [-0.05, 0) is 42.6 Å². The molecule has 1 heterocycles. The van der Waals surface area contributed by atoms with Crippen molar-refractivity contribution in [3.8, 4) is 0 Å². The van der Waals surface area contributed by atoms with Crippen LogP contribution in [0.15, 0.2) is 29.2 Å². The molecule has 0 saturated carbocycles. The van der Waals surface area contributed by atoms with Gasteiger partial charge in [-0.25, -0.2) is 4.31 Å². The summed E-state index contributed by atoms with van der Waals surface area (Å²) in [5, 5.41) is 0. The highest BCUT2D eigenvalue weighted by molar-refractivity contribution is 7.97. The van der Waals surface area contributed by atoms with Crippen LogP contribution in [0.4, 0.5) is 0 Å². The van der Waals surface area contributed by atoms with Gasteiger partial charge < -0.3 is 0 Å². The lowest BCUT2D eigenvalue weighted by molar-refractivity contribution is 0.434. The molecule has 1 nitrogen and oxygen atoms in total. The Morgan fingerprint density at radius 3 is 3.31 bits per heavy atom. The van der Waals surface area contributed by atoms with E-state index in [1.165, 1.54) is 16.0 Å². The second kappa shape index (κ2) is 2.63. The summed E-state index contributed by atoms with van der Waals surface area (Å²) in [4.78, 5) is 1.44. The van der Waals surface area contributed by atoms with Crippen molar-refractivity contribution in [1.82, 2.24) is 4.31 Å². The van der Waals surface area contributed by atoms with Crippen molar-refractivity contribution in [1.29, 1.82) is 0 Å². The van der Waals surface area contributed by atoms with Crippen LogP contribution < -0.4 is 0 Å². The van der Waals surface area contributed by atoms with Crippen molar-refractivity contribution in [3.63, 3.8) is 0 Å². The first-order chi connectivity index (χ1) is 6.36. The Bertz CT molecular complexity index is 384. The van der Waals surface area contributed by atoms with Gasteiger partial charge in [0.2, 0.25) is 0 Å². The summed E-state index contributed by atoms with van der Waals surface area (Å²) >= 11 is 1.87. The van der Waals surface area contributed by atoms with Crippen LogP contribution in [-0.2, 0) is 0 Å². The van der Waals surface area contributed by atoms with Gasteiger partial charge in [0.1, 0.15) is 0 Å². The van der Waals surface area contributed by atoms with Crippen LogP contribution in [0.2, 0.25) is 0 Å². The van der Waals surface area contributed by atoms with E-state index in [-0.39, 0.29) is 0 Å². The standard InChI is InChI=1S/C11H11NS/c1-12-9-6-2-4-8-5-3-7-10(13-12)11(8)9/h2-5,7,9H,6H2,1H3. The lowest BCUT2D eigenvalue weighted by atomic mass is 9.93. The molecule has 0 amide bonds. The van der Waals surface area contributed by atoms with Crippen LogP contribution in [0.25, 0.3) is 6.08 Å². The molecule has 0 spiro atoms. The minimum atomic E-state index is 0.612. The molecule has 0 bridgehead atoms. The number of hydrogen-bond donors (Lipinski definition) is 0. The minimum Gasteiger partial charge on any atom is -0.242 e. The summed E-state index contributed by atoms with van der Waals surface area (Å²) in [5.74, 6) is 0. The highest BCUT2D eigenvalue weighted by Crippen LogP contribution is 2.48. The van der Waals surface area contributed by atoms with Crippen molar-refractivity contribution in [3.05, 3.63) is 35.4 Å². The molecule has 1 aromatic carbocycles. The lowest BCUT2D eigenvalue weighted by Crippen LogP contribution is -2.13. The van der Waals surface area contributed by atoms with Crippen molar-refractivity contribution in [2.45, 2.75) is 17.4 Å². The van der Waals surface area contributed by atoms with E-state index in [2.05, 4.69) is 41.7 Å². The molecule has 0 N–H and O–H groups in total. The molecular weight excluding hydrogens is 178 g/mol. The van der Waals surface area contributed by atoms with E-state index in [4.69, 9.17) is 0 Å². The summed E-state index contributed by atoms with van der Waals surface area (Å²) in [6.45, 7) is 0. The number of rotatable bonds is 0. The molecule has 66 valence electrons. The molecule has 0 radical (unpaired) electrons. The van der Waals surface area contributed by atoms with E-state index in [9.17, 15) is 0 Å². The molecule has 1 aromatic rings. The zero-order valence-corrected chi connectivity index (χ0v) is 8.34. The SMILES string of the molecule is CN1Sc2cccc3c2C1CC=C3. The van der Waals surface area contributed by atoms with Crippen molar-refractivity contribution in [2.75, 3.05) is 7.05 Å². The molecule has 1 aliphatic heterocycles. The minimum absolute atomic E-state index is 0.612. The topological polar surface area (TPSA) is 3.24 Å². The van der Waals surface area contributed by atoms with Gasteiger partial charge in [0.15, 0.2) is 0 Å². The van der Waals surface area contributed by atoms with Crippen LogP contribution in [0, 0.1) is 0 Å². The number of nitrogens with zero attached hydrogens (tertiary/aromatic N) is 1. The van der Waals surface area contributed by atoms with Gasteiger partial charge in [0, 0.05) is 4.90 Å². The largest absolute Gasteiger partial charge is 0.242 e. The molecule has 0 aromatic heterocycles. The zero-order valence-electron chi connectivity index (χ0n) is 7.53. The van der Waals surface area contributed by atoms with Crippen LogP contribution in [0.5, 0.6) is 0 Å². The third-order valence-electron chi connectivity index (χ3n) is 2.77. The number of hydrogen-bond acceptors (Lipinski definition) is 2. The fourth-order valence-corrected chi connectivity index (χ4v) is 3.25. The first-order valence-electron chi connectivity index (χ1n) is 4.56. The van der Waals surface area contributed by atoms with E-state index in [0.29, 0.717) is 6.04 Å². The Balaban J connectivity index is 2.26. The first-order valence-corrected chi connectivity index (χ1v) is 5.34. The van der Waals surface area contributed by atoms with E-state index < -0.39 is 0 Å². The normalized spacial score (nSPS) is 24.8. The molecule has 0 fully saturated rings. The molecular formula is C11H11NS. The van der Waals surface area contributed by atoms with Crippen molar-refractivity contribution in [2.24, 2.45) is 0 Å².